The summed E-state index contributed by atoms with van der Waals surface area (Å²) in [5.74, 6) is 0. The smallest absolute Gasteiger partial charge is 0.185 e. The zero-order valence-corrected chi connectivity index (χ0v) is 13.1. The number of thiazole rings is 1. The van der Waals surface area contributed by atoms with Gasteiger partial charge in [-0.2, -0.15) is 0 Å². The quantitative estimate of drug-likeness (QED) is 0.870. The molecular formula is C14H25N3OS. The minimum atomic E-state index is 0.375. The summed E-state index contributed by atoms with van der Waals surface area (Å²) in [4.78, 5) is 8.47. The lowest BCUT2D eigenvalue weighted by Crippen LogP contribution is -2.39. The van der Waals surface area contributed by atoms with E-state index in [0.29, 0.717) is 6.10 Å². The molecule has 1 aromatic rings. The summed E-state index contributed by atoms with van der Waals surface area (Å²) < 4.78 is 5.76. The fourth-order valence-electron chi connectivity index (χ4n) is 2.43. The van der Waals surface area contributed by atoms with Gasteiger partial charge in [-0.25, -0.2) is 4.98 Å². The van der Waals surface area contributed by atoms with Crippen molar-refractivity contribution < 1.29 is 4.74 Å². The zero-order chi connectivity index (χ0) is 13.7. The molecule has 0 saturated carbocycles. The normalized spacial score (nSPS) is 19.9. The molecule has 2 rings (SSSR count). The van der Waals surface area contributed by atoms with E-state index >= 15 is 0 Å². The van der Waals surface area contributed by atoms with E-state index in [1.807, 2.05) is 11.3 Å². The molecule has 1 fully saturated rings. The van der Waals surface area contributed by atoms with Crippen molar-refractivity contribution in [1.82, 2.24) is 10.3 Å². The first-order chi connectivity index (χ1) is 9.24. The standard InChI is InChI=1S/C14H25N3OS/c1-4-15-9-13-11(3)16-14(19-13)17-8-6-7-12(10-17)18-5-2/h12,15H,4-10H2,1-3H3. The lowest BCUT2D eigenvalue weighted by Gasteiger charge is -2.32. The third kappa shape index (κ3) is 3.91. The Hall–Kier alpha value is -0.650. The van der Waals surface area contributed by atoms with Crippen LogP contribution in [0.15, 0.2) is 0 Å². The van der Waals surface area contributed by atoms with Gasteiger partial charge >= 0.3 is 0 Å². The van der Waals surface area contributed by atoms with E-state index in [-0.39, 0.29) is 0 Å². The number of ether oxygens (including phenoxy) is 1. The Bertz CT molecular complexity index is 392. The Kier molecular flexibility index (Phi) is 5.60. The van der Waals surface area contributed by atoms with E-state index in [0.717, 1.165) is 37.9 Å². The highest BCUT2D eigenvalue weighted by atomic mass is 32.1. The van der Waals surface area contributed by atoms with Gasteiger partial charge in [0.2, 0.25) is 0 Å². The van der Waals surface area contributed by atoms with Crippen molar-refractivity contribution in [2.24, 2.45) is 0 Å². The van der Waals surface area contributed by atoms with Gasteiger partial charge in [-0.15, -0.1) is 11.3 Å². The third-order valence-electron chi connectivity index (χ3n) is 3.47. The molecule has 0 spiro atoms. The van der Waals surface area contributed by atoms with Crippen molar-refractivity contribution in [3.63, 3.8) is 0 Å². The van der Waals surface area contributed by atoms with Crippen LogP contribution in [-0.2, 0) is 11.3 Å². The molecule has 5 heteroatoms. The van der Waals surface area contributed by atoms with E-state index in [1.165, 1.54) is 23.4 Å². The van der Waals surface area contributed by atoms with Crippen molar-refractivity contribution in [3.8, 4) is 0 Å². The predicted octanol–water partition coefficient (Wildman–Crippen LogP) is 2.57. The van der Waals surface area contributed by atoms with Gasteiger partial charge < -0.3 is 15.0 Å². The number of nitrogens with one attached hydrogen (secondary N) is 1. The maximum Gasteiger partial charge on any atom is 0.185 e. The van der Waals surface area contributed by atoms with Gasteiger partial charge in [0.1, 0.15) is 0 Å². The molecule has 1 atom stereocenters. The largest absolute Gasteiger partial charge is 0.377 e. The maximum atomic E-state index is 5.76. The number of anilines is 1. The molecular weight excluding hydrogens is 258 g/mol. The summed E-state index contributed by atoms with van der Waals surface area (Å²) in [6.45, 7) is 11.2. The molecule has 0 aromatic carbocycles. The lowest BCUT2D eigenvalue weighted by atomic mass is 10.1. The Labute approximate surface area is 120 Å². The van der Waals surface area contributed by atoms with Gasteiger partial charge in [-0.3, -0.25) is 0 Å². The summed E-state index contributed by atoms with van der Waals surface area (Å²) in [6.07, 6.45) is 2.75. The molecule has 0 aliphatic carbocycles. The van der Waals surface area contributed by atoms with Crippen LogP contribution in [0.5, 0.6) is 0 Å². The lowest BCUT2D eigenvalue weighted by molar-refractivity contribution is 0.0526. The number of piperidine rings is 1. The molecule has 1 aliphatic rings. The first kappa shape index (κ1) is 14.8. The van der Waals surface area contributed by atoms with Crippen LogP contribution in [0.3, 0.4) is 0 Å². The number of aryl methyl sites for hydroxylation is 1. The second-order valence-electron chi connectivity index (χ2n) is 4.95. The molecule has 0 amide bonds. The van der Waals surface area contributed by atoms with Crippen LogP contribution in [0.4, 0.5) is 5.13 Å². The number of aromatic nitrogens is 1. The number of nitrogens with zero attached hydrogens (tertiary/aromatic N) is 2. The zero-order valence-electron chi connectivity index (χ0n) is 12.2. The fourth-order valence-corrected chi connectivity index (χ4v) is 3.50. The summed E-state index contributed by atoms with van der Waals surface area (Å²) in [5.41, 5.74) is 1.17. The topological polar surface area (TPSA) is 37.4 Å². The molecule has 1 aromatic heterocycles. The second-order valence-corrected chi connectivity index (χ2v) is 6.01. The molecule has 1 N–H and O–H groups in total. The van der Waals surface area contributed by atoms with E-state index in [4.69, 9.17) is 9.72 Å². The van der Waals surface area contributed by atoms with Crippen molar-refractivity contribution in [3.05, 3.63) is 10.6 Å². The maximum absolute atomic E-state index is 5.76. The number of rotatable bonds is 6. The Morgan fingerprint density at radius 1 is 1.47 bits per heavy atom. The predicted molar refractivity (Wildman–Crippen MR) is 81.1 cm³/mol. The average Bonchev–Trinajstić information content (AvgIpc) is 2.79. The van der Waals surface area contributed by atoms with Crippen LogP contribution < -0.4 is 10.2 Å². The van der Waals surface area contributed by atoms with Gasteiger partial charge in [-0.05, 0) is 33.2 Å². The van der Waals surface area contributed by atoms with Gasteiger partial charge in [0, 0.05) is 31.1 Å². The summed E-state index contributed by atoms with van der Waals surface area (Å²) in [5, 5.41) is 4.54. The Morgan fingerprint density at radius 3 is 3.05 bits per heavy atom. The van der Waals surface area contributed by atoms with Crippen LogP contribution in [0.2, 0.25) is 0 Å². The van der Waals surface area contributed by atoms with E-state index in [1.54, 1.807) is 0 Å². The molecule has 0 radical (unpaired) electrons. The van der Waals surface area contributed by atoms with Crippen molar-refractivity contribution in [1.29, 1.82) is 0 Å². The van der Waals surface area contributed by atoms with Gasteiger partial charge in [0.15, 0.2) is 5.13 Å². The molecule has 4 nitrogen and oxygen atoms in total. The molecule has 2 heterocycles. The van der Waals surface area contributed by atoms with Crippen LogP contribution in [0.25, 0.3) is 0 Å². The molecule has 1 saturated heterocycles. The van der Waals surface area contributed by atoms with E-state index in [2.05, 4.69) is 31.0 Å². The Balaban J connectivity index is 2.00. The van der Waals surface area contributed by atoms with Crippen molar-refractivity contribution in [2.75, 3.05) is 31.1 Å². The number of hydrogen-bond acceptors (Lipinski definition) is 5. The van der Waals surface area contributed by atoms with Crippen LogP contribution >= 0.6 is 11.3 Å². The van der Waals surface area contributed by atoms with Crippen LogP contribution in [0, 0.1) is 6.92 Å². The van der Waals surface area contributed by atoms with Gasteiger partial charge in [0.25, 0.3) is 0 Å². The van der Waals surface area contributed by atoms with E-state index in [9.17, 15) is 0 Å². The fraction of sp³-hybridized carbons (Fsp3) is 0.786. The van der Waals surface area contributed by atoms with Gasteiger partial charge in [0.05, 0.1) is 11.8 Å². The highest BCUT2D eigenvalue weighted by Gasteiger charge is 2.23. The van der Waals surface area contributed by atoms with Crippen LogP contribution in [0.1, 0.15) is 37.3 Å². The van der Waals surface area contributed by atoms with E-state index < -0.39 is 0 Å². The third-order valence-corrected chi connectivity index (χ3v) is 4.69. The Morgan fingerprint density at radius 2 is 2.32 bits per heavy atom. The molecule has 1 unspecified atom stereocenters. The molecule has 108 valence electrons. The molecule has 0 bridgehead atoms. The molecule has 19 heavy (non-hydrogen) atoms. The monoisotopic (exact) mass is 283 g/mol. The molecule has 1 aliphatic heterocycles. The van der Waals surface area contributed by atoms with Crippen LogP contribution in [-0.4, -0.2) is 37.3 Å². The van der Waals surface area contributed by atoms with Crippen molar-refractivity contribution in [2.45, 2.75) is 46.3 Å². The highest BCUT2D eigenvalue weighted by Crippen LogP contribution is 2.28. The van der Waals surface area contributed by atoms with Gasteiger partial charge in [-0.1, -0.05) is 6.92 Å². The average molecular weight is 283 g/mol. The highest BCUT2D eigenvalue weighted by molar-refractivity contribution is 7.15. The summed E-state index contributed by atoms with van der Waals surface area (Å²) in [7, 11) is 0. The first-order valence-electron chi connectivity index (χ1n) is 7.28. The SMILES string of the molecule is CCNCc1sc(N2CCCC(OCC)C2)nc1C. The second kappa shape index (κ2) is 7.22. The minimum absolute atomic E-state index is 0.375. The number of hydrogen-bond donors (Lipinski definition) is 1. The summed E-state index contributed by atoms with van der Waals surface area (Å²) >= 11 is 1.82. The first-order valence-corrected chi connectivity index (χ1v) is 8.09. The summed E-state index contributed by atoms with van der Waals surface area (Å²) in [6, 6.07) is 0. The minimum Gasteiger partial charge on any atom is -0.377 e. The van der Waals surface area contributed by atoms with Crippen molar-refractivity contribution >= 4 is 16.5 Å².